The Hall–Kier alpha value is -3.45. The largest absolute Gasteiger partial charge is 0.488 e. The summed E-state index contributed by atoms with van der Waals surface area (Å²) >= 11 is 3.42. The van der Waals surface area contributed by atoms with Gasteiger partial charge >= 0.3 is 0 Å². The number of nitrogens with zero attached hydrogens (tertiary/aromatic N) is 1. The van der Waals surface area contributed by atoms with Crippen molar-refractivity contribution in [2.24, 2.45) is 5.10 Å². The molecule has 0 spiro atoms. The van der Waals surface area contributed by atoms with E-state index in [1.807, 2.05) is 36.4 Å². The molecule has 0 aliphatic rings. The van der Waals surface area contributed by atoms with E-state index in [0.717, 1.165) is 15.4 Å². The van der Waals surface area contributed by atoms with Gasteiger partial charge in [0.2, 0.25) is 0 Å². The molecule has 4 aromatic rings. The zero-order chi connectivity index (χ0) is 20.9. The highest BCUT2D eigenvalue weighted by atomic mass is 79.9. The van der Waals surface area contributed by atoms with Gasteiger partial charge in [0, 0.05) is 27.1 Å². The molecule has 0 unspecified atom stereocenters. The fraction of sp³-hybridized carbons (Fsp3) is 0.0435. The molecular weight excluding hydrogens is 449 g/mol. The smallest absolute Gasteiger partial charge is 0.273 e. The molecular formula is C23H17BrFN3O2. The standard InChI is InChI=1S/C23H17BrFN3O2/c24-17-8-9-22(30-14-15-4-3-5-18(25)10-15)16(11-17)12-27-28-23(29)20-13-26-21-7-2-1-6-19(20)21/h1-13,26H,14H2,(H,28,29). The van der Waals surface area contributed by atoms with Crippen LogP contribution in [0.1, 0.15) is 21.5 Å². The maximum Gasteiger partial charge on any atom is 0.273 e. The number of carbonyl (C=O) groups excluding carboxylic acids is 1. The molecule has 7 heteroatoms. The molecule has 5 nitrogen and oxygen atoms in total. The fourth-order valence-electron chi connectivity index (χ4n) is 3.02. The van der Waals surface area contributed by atoms with Crippen molar-refractivity contribution in [3.05, 3.63) is 99.9 Å². The Bertz CT molecular complexity index is 1240. The van der Waals surface area contributed by atoms with Crippen LogP contribution < -0.4 is 10.2 Å². The van der Waals surface area contributed by atoms with Crippen molar-refractivity contribution in [3.63, 3.8) is 0 Å². The monoisotopic (exact) mass is 465 g/mol. The minimum atomic E-state index is -0.319. The van der Waals surface area contributed by atoms with Gasteiger partial charge in [-0.2, -0.15) is 5.10 Å². The highest BCUT2D eigenvalue weighted by Crippen LogP contribution is 2.23. The number of fused-ring (bicyclic) bond motifs is 1. The quantitative estimate of drug-likeness (QED) is 0.295. The first-order valence-corrected chi connectivity index (χ1v) is 9.96. The number of H-pyrrole nitrogens is 1. The molecule has 3 aromatic carbocycles. The number of aromatic nitrogens is 1. The van der Waals surface area contributed by atoms with Gasteiger partial charge in [0.1, 0.15) is 18.2 Å². The van der Waals surface area contributed by atoms with Crippen molar-refractivity contribution in [2.45, 2.75) is 6.61 Å². The van der Waals surface area contributed by atoms with E-state index in [9.17, 15) is 9.18 Å². The topological polar surface area (TPSA) is 66.5 Å². The van der Waals surface area contributed by atoms with E-state index < -0.39 is 0 Å². The van der Waals surface area contributed by atoms with Gasteiger partial charge in [0.15, 0.2) is 0 Å². The minimum absolute atomic E-state index is 0.210. The lowest BCUT2D eigenvalue weighted by molar-refractivity contribution is 0.0957. The predicted octanol–water partition coefficient (Wildman–Crippen LogP) is 5.41. The molecule has 2 N–H and O–H groups in total. The van der Waals surface area contributed by atoms with E-state index in [1.165, 1.54) is 18.3 Å². The molecule has 0 fully saturated rings. The molecule has 1 aromatic heterocycles. The molecule has 1 amide bonds. The van der Waals surface area contributed by atoms with Gasteiger partial charge in [0.05, 0.1) is 11.8 Å². The predicted molar refractivity (Wildman–Crippen MR) is 118 cm³/mol. The van der Waals surface area contributed by atoms with Crippen LogP contribution in [-0.4, -0.2) is 17.1 Å². The van der Waals surface area contributed by atoms with Crippen molar-refractivity contribution in [1.29, 1.82) is 0 Å². The third kappa shape index (κ3) is 4.58. The van der Waals surface area contributed by atoms with Gasteiger partial charge in [-0.15, -0.1) is 0 Å². The van der Waals surface area contributed by atoms with Crippen LogP contribution in [0.3, 0.4) is 0 Å². The van der Waals surface area contributed by atoms with Crippen LogP contribution in [0.4, 0.5) is 4.39 Å². The van der Waals surface area contributed by atoms with E-state index in [0.29, 0.717) is 22.4 Å². The molecule has 0 atom stereocenters. The van der Waals surface area contributed by atoms with Crippen molar-refractivity contribution in [2.75, 3.05) is 0 Å². The first kappa shape index (κ1) is 19.8. The number of hydrazone groups is 1. The van der Waals surface area contributed by atoms with E-state index in [2.05, 4.69) is 31.4 Å². The Balaban J connectivity index is 1.47. The van der Waals surface area contributed by atoms with Crippen molar-refractivity contribution >= 4 is 39.0 Å². The van der Waals surface area contributed by atoms with Crippen LogP contribution in [0.5, 0.6) is 5.75 Å². The Labute approximate surface area is 180 Å². The average Bonchev–Trinajstić information content (AvgIpc) is 3.17. The van der Waals surface area contributed by atoms with Crippen LogP contribution in [0.25, 0.3) is 10.9 Å². The molecule has 30 heavy (non-hydrogen) atoms. The first-order chi connectivity index (χ1) is 14.6. The number of aromatic amines is 1. The summed E-state index contributed by atoms with van der Waals surface area (Å²) in [6.07, 6.45) is 3.17. The Morgan fingerprint density at radius 2 is 2.00 bits per heavy atom. The van der Waals surface area contributed by atoms with Crippen LogP contribution in [0.15, 0.2) is 82.5 Å². The lowest BCUT2D eigenvalue weighted by atomic mass is 10.2. The number of carbonyl (C=O) groups is 1. The zero-order valence-corrected chi connectivity index (χ0v) is 17.3. The molecule has 0 radical (unpaired) electrons. The maximum atomic E-state index is 13.4. The van der Waals surface area contributed by atoms with Gasteiger partial charge in [-0.1, -0.05) is 46.3 Å². The molecule has 0 aliphatic heterocycles. The van der Waals surface area contributed by atoms with Crippen LogP contribution >= 0.6 is 15.9 Å². The van der Waals surface area contributed by atoms with E-state index in [1.54, 1.807) is 24.4 Å². The number of hydrogen-bond acceptors (Lipinski definition) is 3. The number of amides is 1. The third-order valence-electron chi connectivity index (χ3n) is 4.46. The Morgan fingerprint density at radius 3 is 2.87 bits per heavy atom. The Kier molecular flexibility index (Phi) is 5.90. The molecule has 150 valence electrons. The summed E-state index contributed by atoms with van der Waals surface area (Å²) in [7, 11) is 0. The summed E-state index contributed by atoms with van der Waals surface area (Å²) in [5.41, 5.74) is 5.32. The number of benzene rings is 3. The second-order valence-corrected chi connectivity index (χ2v) is 7.46. The average molecular weight is 466 g/mol. The van der Waals surface area contributed by atoms with Crippen LogP contribution in [0.2, 0.25) is 0 Å². The molecule has 4 rings (SSSR count). The van der Waals surface area contributed by atoms with Gasteiger partial charge in [-0.25, -0.2) is 9.82 Å². The summed E-state index contributed by atoms with van der Waals surface area (Å²) in [4.78, 5) is 15.5. The highest BCUT2D eigenvalue weighted by molar-refractivity contribution is 9.10. The van der Waals surface area contributed by atoms with Crippen molar-refractivity contribution < 1.29 is 13.9 Å². The normalized spacial score (nSPS) is 11.1. The second-order valence-electron chi connectivity index (χ2n) is 6.55. The van der Waals surface area contributed by atoms with Gasteiger partial charge in [-0.3, -0.25) is 4.79 Å². The van der Waals surface area contributed by atoms with Crippen molar-refractivity contribution in [3.8, 4) is 5.75 Å². The minimum Gasteiger partial charge on any atom is -0.488 e. The van der Waals surface area contributed by atoms with Crippen LogP contribution in [0, 0.1) is 5.82 Å². The number of halogens is 2. The number of nitrogens with one attached hydrogen (secondary N) is 2. The summed E-state index contributed by atoms with van der Waals surface area (Å²) in [6.45, 7) is 0.210. The number of ether oxygens (including phenoxy) is 1. The Morgan fingerprint density at radius 1 is 1.13 bits per heavy atom. The molecule has 0 saturated carbocycles. The van der Waals surface area contributed by atoms with Crippen molar-refractivity contribution in [1.82, 2.24) is 10.4 Å². The second kappa shape index (κ2) is 8.92. The van der Waals surface area contributed by atoms with Crippen LogP contribution in [-0.2, 0) is 6.61 Å². The lowest BCUT2D eigenvalue weighted by Gasteiger charge is -2.10. The fourth-order valence-corrected chi connectivity index (χ4v) is 3.40. The lowest BCUT2D eigenvalue weighted by Crippen LogP contribution is -2.17. The highest BCUT2D eigenvalue weighted by Gasteiger charge is 2.11. The molecule has 0 saturated heterocycles. The van der Waals surface area contributed by atoms with Gasteiger partial charge in [-0.05, 0) is 42.0 Å². The third-order valence-corrected chi connectivity index (χ3v) is 4.95. The van der Waals surface area contributed by atoms with E-state index in [4.69, 9.17) is 4.74 Å². The number of para-hydroxylation sites is 1. The summed E-state index contributed by atoms with van der Waals surface area (Å²) in [5.74, 6) is -0.0674. The first-order valence-electron chi connectivity index (χ1n) is 9.16. The maximum absolute atomic E-state index is 13.4. The summed E-state index contributed by atoms with van der Waals surface area (Å²) < 4.78 is 20.0. The number of hydrogen-bond donors (Lipinski definition) is 2. The number of rotatable bonds is 6. The zero-order valence-electron chi connectivity index (χ0n) is 15.7. The molecule has 0 bridgehead atoms. The molecule has 1 heterocycles. The van der Waals surface area contributed by atoms with E-state index in [-0.39, 0.29) is 18.3 Å². The van der Waals surface area contributed by atoms with Gasteiger partial charge in [0.25, 0.3) is 5.91 Å². The summed E-state index contributed by atoms with van der Waals surface area (Å²) in [5, 5.41) is 4.90. The summed E-state index contributed by atoms with van der Waals surface area (Å²) in [6, 6.07) is 19.2. The van der Waals surface area contributed by atoms with E-state index >= 15 is 0 Å². The molecule has 0 aliphatic carbocycles. The SMILES string of the molecule is O=C(NN=Cc1cc(Br)ccc1OCc1cccc(F)c1)c1c[nH]c2ccccc12. The van der Waals surface area contributed by atoms with Gasteiger partial charge < -0.3 is 9.72 Å².